The third-order valence-corrected chi connectivity index (χ3v) is 4.45. The minimum absolute atomic E-state index is 0.0959. The van der Waals surface area contributed by atoms with Crippen LogP contribution in [0.1, 0.15) is 32.8 Å². The van der Waals surface area contributed by atoms with Crippen LogP contribution in [0.4, 0.5) is 0 Å². The summed E-state index contributed by atoms with van der Waals surface area (Å²) in [6, 6.07) is 6.51. The zero-order chi connectivity index (χ0) is 18.1. The second-order valence-electron chi connectivity index (χ2n) is 5.97. The lowest BCUT2D eigenvalue weighted by Crippen LogP contribution is -2.57. The summed E-state index contributed by atoms with van der Waals surface area (Å²) in [5.41, 5.74) is -1.31. The molecule has 0 aliphatic carbocycles. The van der Waals surface area contributed by atoms with Crippen LogP contribution in [0.15, 0.2) is 24.3 Å². The number of esters is 3. The quantitative estimate of drug-likeness (QED) is 0.611. The Bertz CT molecular complexity index is 663. The van der Waals surface area contributed by atoms with Crippen molar-refractivity contribution < 1.29 is 28.6 Å². The van der Waals surface area contributed by atoms with Gasteiger partial charge in [-0.25, -0.2) is 0 Å². The Morgan fingerprint density at radius 2 is 1.79 bits per heavy atom. The van der Waals surface area contributed by atoms with E-state index in [9.17, 15) is 14.4 Å². The number of hydrogen-bond acceptors (Lipinski definition) is 6. The molecule has 0 saturated carbocycles. The highest BCUT2D eigenvalue weighted by Crippen LogP contribution is 2.44. The highest BCUT2D eigenvalue weighted by Gasteiger charge is 2.60. The molecule has 1 aliphatic rings. The fourth-order valence-corrected chi connectivity index (χ4v) is 3.35. The van der Waals surface area contributed by atoms with E-state index in [1.54, 1.807) is 31.2 Å². The fraction of sp³-hybridized carbons (Fsp3) is 0.471. The molecule has 24 heavy (non-hydrogen) atoms. The molecule has 7 heteroatoms. The summed E-state index contributed by atoms with van der Waals surface area (Å²) in [7, 11) is 1.19. The van der Waals surface area contributed by atoms with Gasteiger partial charge in [0.05, 0.1) is 7.11 Å². The van der Waals surface area contributed by atoms with E-state index in [2.05, 4.69) is 0 Å². The van der Waals surface area contributed by atoms with Crippen LogP contribution < -0.4 is 0 Å². The highest BCUT2D eigenvalue weighted by atomic mass is 35.5. The molecule has 6 nitrogen and oxygen atoms in total. The van der Waals surface area contributed by atoms with Crippen LogP contribution in [0.2, 0.25) is 5.02 Å². The minimum Gasteiger partial charge on any atom is -0.468 e. The van der Waals surface area contributed by atoms with Crippen LogP contribution in [0, 0.1) is 5.92 Å². The molecule has 0 bridgehead atoms. The van der Waals surface area contributed by atoms with Gasteiger partial charge in [-0.15, -0.1) is 0 Å². The first kappa shape index (κ1) is 18.3. The molecule has 0 amide bonds. The molecule has 1 aliphatic heterocycles. The zero-order valence-corrected chi connectivity index (χ0v) is 14.7. The van der Waals surface area contributed by atoms with Crippen LogP contribution in [0.5, 0.6) is 0 Å². The van der Waals surface area contributed by atoms with Crippen molar-refractivity contribution >= 4 is 29.5 Å². The largest absolute Gasteiger partial charge is 0.468 e. The topological polar surface area (TPSA) is 78.9 Å². The average Bonchev–Trinajstić information content (AvgIpc) is 2.50. The van der Waals surface area contributed by atoms with Gasteiger partial charge < -0.3 is 14.2 Å². The van der Waals surface area contributed by atoms with Crippen molar-refractivity contribution in [3.63, 3.8) is 0 Å². The van der Waals surface area contributed by atoms with Crippen molar-refractivity contribution in [3.8, 4) is 0 Å². The third kappa shape index (κ3) is 2.86. The van der Waals surface area contributed by atoms with E-state index in [4.69, 9.17) is 25.8 Å². The van der Waals surface area contributed by atoms with Crippen molar-refractivity contribution in [3.05, 3.63) is 34.9 Å². The maximum absolute atomic E-state index is 12.7. The van der Waals surface area contributed by atoms with E-state index in [1.165, 1.54) is 21.0 Å². The predicted molar refractivity (Wildman–Crippen MR) is 85.2 cm³/mol. The van der Waals surface area contributed by atoms with Crippen molar-refractivity contribution in [2.75, 3.05) is 7.11 Å². The van der Waals surface area contributed by atoms with Gasteiger partial charge in [0.1, 0.15) is 5.41 Å². The van der Waals surface area contributed by atoms with Gasteiger partial charge in [0.2, 0.25) is 0 Å². The van der Waals surface area contributed by atoms with Crippen molar-refractivity contribution in [2.24, 2.45) is 5.92 Å². The fourth-order valence-electron chi connectivity index (χ4n) is 3.05. The number of halogens is 1. The first-order valence-corrected chi connectivity index (χ1v) is 7.86. The number of hydrogen-bond donors (Lipinski definition) is 0. The van der Waals surface area contributed by atoms with Gasteiger partial charge in [-0.2, -0.15) is 0 Å². The maximum atomic E-state index is 12.7. The van der Waals surface area contributed by atoms with Gasteiger partial charge in [0.15, 0.2) is 5.92 Å². The van der Waals surface area contributed by atoms with E-state index in [1.807, 2.05) is 0 Å². The number of benzene rings is 1. The second kappa shape index (κ2) is 6.43. The maximum Gasteiger partial charge on any atom is 0.325 e. The van der Waals surface area contributed by atoms with E-state index >= 15 is 0 Å². The number of ether oxygens (including phenoxy) is 3. The van der Waals surface area contributed by atoms with Crippen LogP contribution in [0.25, 0.3) is 0 Å². The third-order valence-electron chi connectivity index (χ3n) is 4.12. The van der Waals surface area contributed by atoms with Gasteiger partial charge >= 0.3 is 17.9 Å². The van der Waals surface area contributed by atoms with Gasteiger partial charge in [-0.1, -0.05) is 36.7 Å². The molecule has 0 aromatic heterocycles. The Morgan fingerprint density at radius 1 is 1.25 bits per heavy atom. The predicted octanol–water partition coefficient (Wildman–Crippen LogP) is 2.61. The summed E-state index contributed by atoms with van der Waals surface area (Å²) >= 11 is 6.25. The first-order valence-electron chi connectivity index (χ1n) is 7.48. The number of methoxy groups -OCH3 is 1. The smallest absolute Gasteiger partial charge is 0.325 e. The molecule has 2 rings (SSSR count). The molecular formula is C17H19ClO6. The zero-order valence-electron chi connectivity index (χ0n) is 13.9. The molecule has 0 unspecified atom stereocenters. The molecule has 0 N–H and O–H groups in total. The molecule has 1 aromatic rings. The molecule has 1 saturated heterocycles. The lowest BCUT2D eigenvalue weighted by Gasteiger charge is -2.41. The highest BCUT2D eigenvalue weighted by molar-refractivity contribution is 6.32. The van der Waals surface area contributed by atoms with Crippen LogP contribution in [-0.4, -0.2) is 30.8 Å². The van der Waals surface area contributed by atoms with Crippen LogP contribution >= 0.6 is 11.6 Å². The average molecular weight is 355 g/mol. The summed E-state index contributed by atoms with van der Waals surface area (Å²) in [6.07, 6.45) is 0.0959. The molecule has 1 aromatic carbocycles. The number of carbonyl (C=O) groups excluding carboxylic acids is 3. The van der Waals surface area contributed by atoms with Gasteiger partial charge in [0.25, 0.3) is 5.79 Å². The Balaban J connectivity index is 2.68. The van der Waals surface area contributed by atoms with Gasteiger partial charge in [-0.05, 0) is 18.1 Å². The molecule has 1 fully saturated rings. The summed E-state index contributed by atoms with van der Waals surface area (Å²) in [5.74, 6) is -5.33. The SMILES string of the molecule is CC[C@@](C(=O)OC)(c1ccccc1Cl)C1C(=O)OC(C)(C)OC1=O. The lowest BCUT2D eigenvalue weighted by atomic mass is 9.67. The Morgan fingerprint density at radius 3 is 2.25 bits per heavy atom. The molecule has 1 atom stereocenters. The number of cyclic esters (lactones) is 2. The normalized spacial score (nSPS) is 19.9. The molecule has 0 spiro atoms. The van der Waals surface area contributed by atoms with E-state index in [-0.39, 0.29) is 11.4 Å². The number of carbonyl (C=O) groups is 3. The van der Waals surface area contributed by atoms with Crippen molar-refractivity contribution in [1.29, 1.82) is 0 Å². The summed E-state index contributed by atoms with van der Waals surface area (Å²) in [4.78, 5) is 37.8. The van der Waals surface area contributed by atoms with Gasteiger partial charge in [0, 0.05) is 18.9 Å². The molecule has 130 valence electrons. The van der Waals surface area contributed by atoms with Crippen molar-refractivity contribution in [2.45, 2.75) is 38.4 Å². The summed E-state index contributed by atoms with van der Waals surface area (Å²) in [5, 5.41) is 0.246. The van der Waals surface area contributed by atoms with Crippen LogP contribution in [-0.2, 0) is 34.0 Å². The lowest BCUT2D eigenvalue weighted by molar-refractivity contribution is -0.244. The van der Waals surface area contributed by atoms with E-state index in [0.717, 1.165) is 0 Å². The van der Waals surface area contributed by atoms with Crippen molar-refractivity contribution in [1.82, 2.24) is 0 Å². The minimum atomic E-state index is -1.63. The molecule has 0 radical (unpaired) electrons. The van der Waals surface area contributed by atoms with Crippen LogP contribution in [0.3, 0.4) is 0 Å². The summed E-state index contributed by atoms with van der Waals surface area (Å²) < 4.78 is 15.3. The molecule has 1 heterocycles. The van der Waals surface area contributed by atoms with E-state index in [0.29, 0.717) is 5.56 Å². The van der Waals surface area contributed by atoms with E-state index < -0.39 is 35.0 Å². The monoisotopic (exact) mass is 354 g/mol. The first-order chi connectivity index (χ1) is 11.2. The summed E-state index contributed by atoms with van der Waals surface area (Å²) in [6.45, 7) is 4.56. The Kier molecular flexibility index (Phi) is 4.90. The Labute approximate surface area is 145 Å². The van der Waals surface area contributed by atoms with Gasteiger partial charge in [-0.3, -0.25) is 14.4 Å². The second-order valence-corrected chi connectivity index (χ2v) is 6.38. The standard InChI is InChI=1S/C17H19ClO6/c1-5-17(15(21)22-4,10-8-6-7-9-11(10)18)12-13(19)23-16(2,3)24-14(12)20/h6-9,12H,5H2,1-4H3/t17-/m1/s1. The molecular weight excluding hydrogens is 336 g/mol. The number of rotatable bonds is 4. The Hall–Kier alpha value is -2.08.